The molecular weight excluding hydrogens is 408 g/mol. The highest BCUT2D eigenvalue weighted by atomic mass is 16.5. The van der Waals surface area contributed by atoms with Gasteiger partial charge in [-0.15, -0.1) is 0 Å². The van der Waals surface area contributed by atoms with Gasteiger partial charge in [-0.3, -0.25) is 19.5 Å². The summed E-state index contributed by atoms with van der Waals surface area (Å²) in [4.78, 5) is 35.9. The first-order chi connectivity index (χ1) is 15.6. The molecule has 4 rings (SSSR count). The van der Waals surface area contributed by atoms with Crippen LogP contribution in [0.15, 0.2) is 42.6 Å². The highest BCUT2D eigenvalue weighted by Crippen LogP contribution is 2.39. The minimum Gasteiger partial charge on any atom is -0.497 e. The normalized spacial score (nSPS) is 19.1. The van der Waals surface area contributed by atoms with Crippen molar-refractivity contribution >= 4 is 11.8 Å². The zero-order valence-corrected chi connectivity index (χ0v) is 18.7. The highest BCUT2D eigenvalue weighted by molar-refractivity contribution is 5.92. The number of nitrogens with zero attached hydrogens (tertiary/aromatic N) is 4. The van der Waals surface area contributed by atoms with Gasteiger partial charge in [-0.25, -0.2) is 0 Å². The number of aromatic nitrogens is 1. The van der Waals surface area contributed by atoms with E-state index < -0.39 is 0 Å². The van der Waals surface area contributed by atoms with Crippen LogP contribution in [0.25, 0.3) is 0 Å². The molecule has 2 fully saturated rings. The Hall–Kier alpha value is -3.13. The number of carbonyl (C=O) groups excluding carboxylic acids is 2. The molecule has 0 unspecified atom stereocenters. The number of amides is 2. The summed E-state index contributed by atoms with van der Waals surface area (Å²) in [7, 11) is 3.29. The molecule has 0 bridgehead atoms. The minimum atomic E-state index is -0.0543. The maximum absolute atomic E-state index is 13.2. The van der Waals surface area contributed by atoms with Crippen LogP contribution >= 0.6 is 0 Å². The number of rotatable bonds is 6. The summed E-state index contributed by atoms with van der Waals surface area (Å²) >= 11 is 0. The van der Waals surface area contributed by atoms with Crippen LogP contribution in [0.2, 0.25) is 0 Å². The number of piperazine rings is 1. The third-order valence-corrected chi connectivity index (χ3v) is 6.27. The van der Waals surface area contributed by atoms with Crippen molar-refractivity contribution < 1.29 is 19.1 Å². The molecule has 2 aromatic rings. The second kappa shape index (κ2) is 9.99. The molecule has 8 nitrogen and oxygen atoms in total. The van der Waals surface area contributed by atoms with Gasteiger partial charge in [-0.05, 0) is 43.2 Å². The van der Waals surface area contributed by atoms with Crippen molar-refractivity contribution in [1.29, 1.82) is 0 Å². The SMILES string of the molecule is COc1ccc(OC)c([C@H]2CCCN2C(=O)CN2CCN(C(=O)c3ccccn3)CC2)c1. The van der Waals surface area contributed by atoms with Gasteiger partial charge in [0.05, 0.1) is 26.8 Å². The van der Waals surface area contributed by atoms with Crippen molar-refractivity contribution in [3.8, 4) is 11.5 Å². The Morgan fingerprint density at radius 1 is 1.03 bits per heavy atom. The molecule has 0 spiro atoms. The molecule has 32 heavy (non-hydrogen) atoms. The fourth-order valence-electron chi connectivity index (χ4n) is 4.53. The first-order valence-electron chi connectivity index (χ1n) is 11.0. The van der Waals surface area contributed by atoms with Gasteiger partial charge in [0.1, 0.15) is 17.2 Å². The van der Waals surface area contributed by atoms with Gasteiger partial charge in [-0.2, -0.15) is 0 Å². The summed E-state index contributed by atoms with van der Waals surface area (Å²) in [6.45, 7) is 3.62. The van der Waals surface area contributed by atoms with Gasteiger partial charge in [0.15, 0.2) is 0 Å². The monoisotopic (exact) mass is 438 g/mol. The van der Waals surface area contributed by atoms with E-state index in [0.29, 0.717) is 38.4 Å². The summed E-state index contributed by atoms with van der Waals surface area (Å²) in [6.07, 6.45) is 3.50. The van der Waals surface area contributed by atoms with E-state index in [0.717, 1.165) is 36.4 Å². The lowest BCUT2D eigenvalue weighted by atomic mass is 10.0. The molecule has 2 saturated heterocycles. The van der Waals surface area contributed by atoms with Crippen LogP contribution in [0.3, 0.4) is 0 Å². The van der Waals surface area contributed by atoms with Crippen molar-refractivity contribution in [2.75, 3.05) is 53.5 Å². The van der Waals surface area contributed by atoms with Crippen LogP contribution in [-0.4, -0.2) is 85.0 Å². The van der Waals surface area contributed by atoms with Crippen LogP contribution in [0.4, 0.5) is 0 Å². The van der Waals surface area contributed by atoms with E-state index in [9.17, 15) is 9.59 Å². The average molecular weight is 439 g/mol. The molecule has 2 aliphatic heterocycles. The molecular formula is C24H30N4O4. The van der Waals surface area contributed by atoms with Gasteiger partial charge < -0.3 is 19.3 Å². The number of benzene rings is 1. The van der Waals surface area contributed by atoms with E-state index in [2.05, 4.69) is 9.88 Å². The Balaban J connectivity index is 1.37. The number of likely N-dealkylation sites (tertiary alicyclic amines) is 1. The first-order valence-corrected chi connectivity index (χ1v) is 11.0. The number of methoxy groups -OCH3 is 2. The maximum Gasteiger partial charge on any atom is 0.272 e. The number of hydrogen-bond acceptors (Lipinski definition) is 6. The average Bonchev–Trinajstić information content (AvgIpc) is 3.34. The molecule has 1 atom stereocenters. The molecule has 8 heteroatoms. The third-order valence-electron chi connectivity index (χ3n) is 6.27. The number of ether oxygens (including phenoxy) is 2. The highest BCUT2D eigenvalue weighted by Gasteiger charge is 2.33. The summed E-state index contributed by atoms with van der Waals surface area (Å²) in [6, 6.07) is 11.1. The van der Waals surface area contributed by atoms with Gasteiger partial charge in [0.25, 0.3) is 5.91 Å². The van der Waals surface area contributed by atoms with Crippen molar-refractivity contribution in [2.24, 2.45) is 0 Å². The van der Waals surface area contributed by atoms with Crippen molar-refractivity contribution in [1.82, 2.24) is 19.7 Å². The topological polar surface area (TPSA) is 75.2 Å². The lowest BCUT2D eigenvalue weighted by molar-refractivity contribution is -0.133. The molecule has 0 N–H and O–H groups in total. The predicted octanol–water partition coefficient (Wildman–Crippen LogP) is 2.22. The smallest absolute Gasteiger partial charge is 0.272 e. The second-order valence-corrected chi connectivity index (χ2v) is 8.14. The van der Waals surface area contributed by atoms with E-state index in [1.54, 1.807) is 32.5 Å². The van der Waals surface area contributed by atoms with E-state index in [1.807, 2.05) is 34.1 Å². The molecule has 1 aromatic heterocycles. The molecule has 2 aliphatic rings. The maximum atomic E-state index is 13.2. The molecule has 2 amide bonds. The third kappa shape index (κ3) is 4.70. The summed E-state index contributed by atoms with van der Waals surface area (Å²) in [5, 5.41) is 0. The molecule has 3 heterocycles. The van der Waals surface area contributed by atoms with Crippen molar-refractivity contribution in [3.63, 3.8) is 0 Å². The van der Waals surface area contributed by atoms with E-state index in [4.69, 9.17) is 9.47 Å². The summed E-state index contributed by atoms with van der Waals surface area (Å²) in [5.74, 6) is 1.59. The van der Waals surface area contributed by atoms with Gasteiger partial charge in [0, 0.05) is 44.5 Å². The van der Waals surface area contributed by atoms with E-state index in [1.165, 1.54) is 0 Å². The Kier molecular flexibility index (Phi) is 6.90. The Bertz CT molecular complexity index is 944. The molecule has 0 saturated carbocycles. The summed E-state index contributed by atoms with van der Waals surface area (Å²) in [5.41, 5.74) is 1.45. The van der Waals surface area contributed by atoms with Gasteiger partial charge >= 0.3 is 0 Å². The van der Waals surface area contributed by atoms with E-state index >= 15 is 0 Å². The molecule has 0 aliphatic carbocycles. The zero-order valence-electron chi connectivity index (χ0n) is 18.7. The number of carbonyl (C=O) groups is 2. The lowest BCUT2D eigenvalue weighted by Crippen LogP contribution is -2.51. The fourth-order valence-corrected chi connectivity index (χ4v) is 4.53. The van der Waals surface area contributed by atoms with Crippen molar-refractivity contribution in [2.45, 2.75) is 18.9 Å². The Labute approximate surface area is 188 Å². The zero-order chi connectivity index (χ0) is 22.5. The largest absolute Gasteiger partial charge is 0.497 e. The van der Waals surface area contributed by atoms with Crippen LogP contribution in [0.5, 0.6) is 11.5 Å². The van der Waals surface area contributed by atoms with E-state index in [-0.39, 0.29) is 17.9 Å². The molecule has 0 radical (unpaired) electrons. The van der Waals surface area contributed by atoms with Crippen LogP contribution in [0.1, 0.15) is 34.9 Å². The fraction of sp³-hybridized carbons (Fsp3) is 0.458. The van der Waals surface area contributed by atoms with Crippen molar-refractivity contribution in [3.05, 3.63) is 53.9 Å². The van der Waals surface area contributed by atoms with Crippen LogP contribution in [0, 0.1) is 0 Å². The van der Waals surface area contributed by atoms with Crippen LogP contribution < -0.4 is 9.47 Å². The molecule has 170 valence electrons. The number of pyridine rings is 1. The Morgan fingerprint density at radius 2 is 1.84 bits per heavy atom. The van der Waals surface area contributed by atoms with Gasteiger partial charge in [-0.1, -0.05) is 6.07 Å². The Morgan fingerprint density at radius 3 is 2.53 bits per heavy atom. The predicted molar refractivity (Wildman–Crippen MR) is 120 cm³/mol. The summed E-state index contributed by atoms with van der Waals surface area (Å²) < 4.78 is 10.9. The number of hydrogen-bond donors (Lipinski definition) is 0. The van der Waals surface area contributed by atoms with Gasteiger partial charge in [0.2, 0.25) is 5.91 Å². The second-order valence-electron chi connectivity index (χ2n) is 8.14. The standard InChI is InChI=1S/C24H30N4O4/c1-31-18-8-9-22(32-2)19(16-18)21-7-5-11-28(21)23(29)17-26-12-14-27(15-13-26)24(30)20-6-3-4-10-25-20/h3-4,6,8-10,16,21H,5,7,11-15,17H2,1-2H3/t21-/m1/s1. The first kappa shape index (κ1) is 22.1. The lowest BCUT2D eigenvalue weighted by Gasteiger charge is -2.35. The molecule has 1 aromatic carbocycles. The minimum absolute atomic E-state index is 0.0143. The quantitative estimate of drug-likeness (QED) is 0.689. The van der Waals surface area contributed by atoms with Crippen LogP contribution in [-0.2, 0) is 4.79 Å².